The van der Waals surface area contributed by atoms with E-state index >= 15 is 0 Å². The molecule has 0 unspecified atom stereocenters. The quantitative estimate of drug-likeness (QED) is 0.748. The first-order valence-electron chi connectivity index (χ1n) is 6.14. The highest BCUT2D eigenvalue weighted by Gasteiger charge is 2.16. The van der Waals surface area contributed by atoms with Crippen LogP contribution in [0.3, 0.4) is 0 Å². The minimum absolute atomic E-state index is 0. The Morgan fingerprint density at radius 1 is 1.15 bits per heavy atom. The van der Waals surface area contributed by atoms with E-state index in [0.29, 0.717) is 24.7 Å². The number of hydrogen-bond donors (Lipinski definition) is 2. The topological polar surface area (TPSA) is 90.7 Å². The van der Waals surface area contributed by atoms with Gasteiger partial charge in [0.25, 0.3) is 0 Å². The van der Waals surface area contributed by atoms with Crippen LogP contribution in [-0.2, 0) is 10.0 Å². The van der Waals surface area contributed by atoms with Crippen molar-refractivity contribution in [1.29, 1.82) is 0 Å². The van der Waals surface area contributed by atoms with Gasteiger partial charge >= 0.3 is 0 Å². The second kappa shape index (κ2) is 9.02. The molecule has 0 aliphatic rings. The molecule has 1 aromatic rings. The van der Waals surface area contributed by atoms with E-state index in [-0.39, 0.29) is 30.4 Å². The number of ether oxygens (including phenoxy) is 2. The first-order chi connectivity index (χ1) is 9.05. The zero-order chi connectivity index (χ0) is 14.3. The zero-order valence-corrected chi connectivity index (χ0v) is 13.2. The van der Waals surface area contributed by atoms with Crippen LogP contribution in [0.15, 0.2) is 23.1 Å². The molecule has 0 heterocycles. The Morgan fingerprint density at radius 2 is 1.75 bits per heavy atom. The van der Waals surface area contributed by atoms with Crippen LogP contribution in [0.4, 0.5) is 0 Å². The van der Waals surface area contributed by atoms with Crippen LogP contribution in [0, 0.1) is 0 Å². The lowest BCUT2D eigenvalue weighted by Gasteiger charge is -2.12. The van der Waals surface area contributed by atoms with Gasteiger partial charge in [-0.05, 0) is 26.0 Å². The SMILES string of the molecule is CCOc1ccc(S(=O)(=O)NCCN)cc1OCC.Cl. The summed E-state index contributed by atoms with van der Waals surface area (Å²) in [5, 5.41) is 0. The Kier molecular flexibility index (Phi) is 8.56. The van der Waals surface area contributed by atoms with Gasteiger partial charge in [0.1, 0.15) is 0 Å². The highest BCUT2D eigenvalue weighted by Crippen LogP contribution is 2.30. The van der Waals surface area contributed by atoms with Gasteiger partial charge in [-0.3, -0.25) is 0 Å². The first kappa shape index (κ1) is 19.0. The summed E-state index contributed by atoms with van der Waals surface area (Å²) in [6, 6.07) is 4.52. The van der Waals surface area contributed by atoms with Crippen LogP contribution < -0.4 is 19.9 Å². The largest absolute Gasteiger partial charge is 0.490 e. The maximum Gasteiger partial charge on any atom is 0.240 e. The fourth-order valence-electron chi connectivity index (χ4n) is 1.48. The summed E-state index contributed by atoms with van der Waals surface area (Å²) in [5.74, 6) is 0.946. The van der Waals surface area contributed by atoms with Crippen LogP contribution >= 0.6 is 12.4 Å². The van der Waals surface area contributed by atoms with Crippen molar-refractivity contribution < 1.29 is 17.9 Å². The molecule has 0 spiro atoms. The van der Waals surface area contributed by atoms with Gasteiger partial charge in [0, 0.05) is 19.2 Å². The second-order valence-electron chi connectivity index (χ2n) is 3.66. The summed E-state index contributed by atoms with van der Waals surface area (Å²) in [6.07, 6.45) is 0. The molecule has 116 valence electrons. The number of rotatable bonds is 8. The summed E-state index contributed by atoms with van der Waals surface area (Å²) < 4.78 is 37.1. The first-order valence-corrected chi connectivity index (χ1v) is 7.62. The van der Waals surface area contributed by atoms with Gasteiger partial charge in [0.2, 0.25) is 10.0 Å². The maximum atomic E-state index is 12.0. The monoisotopic (exact) mass is 324 g/mol. The molecule has 6 nitrogen and oxygen atoms in total. The van der Waals surface area contributed by atoms with Gasteiger partial charge < -0.3 is 15.2 Å². The highest BCUT2D eigenvalue weighted by molar-refractivity contribution is 7.89. The van der Waals surface area contributed by atoms with Crippen LogP contribution in [-0.4, -0.2) is 34.7 Å². The van der Waals surface area contributed by atoms with Gasteiger partial charge in [-0.1, -0.05) is 0 Å². The summed E-state index contributed by atoms with van der Waals surface area (Å²) in [5.41, 5.74) is 5.28. The van der Waals surface area contributed by atoms with Crippen LogP contribution in [0.1, 0.15) is 13.8 Å². The average Bonchev–Trinajstić information content (AvgIpc) is 2.39. The molecule has 0 aliphatic heterocycles. The molecule has 0 fully saturated rings. The van der Waals surface area contributed by atoms with E-state index in [9.17, 15) is 8.42 Å². The molecule has 1 aromatic carbocycles. The van der Waals surface area contributed by atoms with Gasteiger partial charge in [-0.15, -0.1) is 12.4 Å². The van der Waals surface area contributed by atoms with Crippen molar-refractivity contribution in [2.75, 3.05) is 26.3 Å². The van der Waals surface area contributed by atoms with Crippen molar-refractivity contribution in [3.63, 3.8) is 0 Å². The van der Waals surface area contributed by atoms with E-state index < -0.39 is 10.0 Å². The molecule has 0 atom stereocenters. The van der Waals surface area contributed by atoms with Crippen molar-refractivity contribution in [2.45, 2.75) is 18.7 Å². The lowest BCUT2D eigenvalue weighted by molar-refractivity contribution is 0.287. The Labute approximate surface area is 126 Å². The molecule has 8 heteroatoms. The Morgan fingerprint density at radius 3 is 2.30 bits per heavy atom. The predicted molar refractivity (Wildman–Crippen MR) is 80.3 cm³/mol. The zero-order valence-electron chi connectivity index (χ0n) is 11.6. The number of nitrogens with one attached hydrogen (secondary N) is 1. The molecule has 20 heavy (non-hydrogen) atoms. The third kappa shape index (κ3) is 5.16. The third-order valence-corrected chi connectivity index (χ3v) is 3.72. The van der Waals surface area contributed by atoms with E-state index in [1.54, 1.807) is 6.07 Å². The number of sulfonamides is 1. The Hall–Kier alpha value is -1.02. The summed E-state index contributed by atoms with van der Waals surface area (Å²) in [6.45, 7) is 5.03. The molecule has 0 amide bonds. The van der Waals surface area contributed by atoms with Crippen LogP contribution in [0.2, 0.25) is 0 Å². The van der Waals surface area contributed by atoms with Crippen LogP contribution in [0.5, 0.6) is 11.5 Å². The molecule has 0 saturated heterocycles. The lowest BCUT2D eigenvalue weighted by atomic mass is 10.3. The number of hydrogen-bond acceptors (Lipinski definition) is 5. The van der Waals surface area contributed by atoms with Crippen molar-refractivity contribution in [2.24, 2.45) is 5.73 Å². The summed E-state index contributed by atoms with van der Waals surface area (Å²) >= 11 is 0. The summed E-state index contributed by atoms with van der Waals surface area (Å²) in [4.78, 5) is 0.132. The normalized spacial score (nSPS) is 10.8. The van der Waals surface area contributed by atoms with E-state index in [0.717, 1.165) is 0 Å². The predicted octanol–water partition coefficient (Wildman–Crippen LogP) is 1.14. The van der Waals surface area contributed by atoms with Crippen LogP contribution in [0.25, 0.3) is 0 Å². The van der Waals surface area contributed by atoms with E-state index in [2.05, 4.69) is 4.72 Å². The molecule has 1 rings (SSSR count). The van der Waals surface area contributed by atoms with Crippen molar-refractivity contribution >= 4 is 22.4 Å². The van der Waals surface area contributed by atoms with Gasteiger partial charge in [0.15, 0.2) is 11.5 Å². The van der Waals surface area contributed by atoms with Gasteiger partial charge in [-0.2, -0.15) is 0 Å². The smallest absolute Gasteiger partial charge is 0.240 e. The van der Waals surface area contributed by atoms with Gasteiger partial charge in [0.05, 0.1) is 18.1 Å². The molecule has 0 aliphatic carbocycles. The molecule has 0 saturated carbocycles. The van der Waals surface area contributed by atoms with E-state index in [1.807, 2.05) is 13.8 Å². The minimum atomic E-state index is -3.56. The maximum absolute atomic E-state index is 12.0. The minimum Gasteiger partial charge on any atom is -0.490 e. The fraction of sp³-hybridized carbons (Fsp3) is 0.500. The van der Waals surface area contributed by atoms with Crippen molar-refractivity contribution in [3.05, 3.63) is 18.2 Å². The highest BCUT2D eigenvalue weighted by atomic mass is 35.5. The molecular weight excluding hydrogens is 304 g/mol. The molecular formula is C12H21ClN2O4S. The molecule has 0 bridgehead atoms. The summed E-state index contributed by atoms with van der Waals surface area (Å²) in [7, 11) is -3.56. The van der Waals surface area contributed by atoms with E-state index in [4.69, 9.17) is 15.2 Å². The Bertz CT molecular complexity index is 508. The Balaban J connectivity index is 0.00000361. The molecule has 0 aromatic heterocycles. The standard InChI is InChI=1S/C12H20N2O4S.ClH/c1-3-17-11-6-5-10(9-12(11)18-4-2)19(15,16)14-8-7-13;/h5-6,9,14H,3-4,7-8,13H2,1-2H3;1H. The molecule has 3 N–H and O–H groups in total. The third-order valence-electron chi connectivity index (χ3n) is 2.26. The number of halogens is 1. The fourth-order valence-corrected chi connectivity index (χ4v) is 2.54. The lowest BCUT2D eigenvalue weighted by Crippen LogP contribution is -2.29. The van der Waals surface area contributed by atoms with Crippen molar-refractivity contribution in [1.82, 2.24) is 4.72 Å². The number of nitrogens with two attached hydrogens (primary N) is 1. The molecule has 0 radical (unpaired) electrons. The number of benzene rings is 1. The second-order valence-corrected chi connectivity index (χ2v) is 5.43. The van der Waals surface area contributed by atoms with E-state index in [1.165, 1.54) is 12.1 Å². The average molecular weight is 325 g/mol. The van der Waals surface area contributed by atoms with Gasteiger partial charge in [-0.25, -0.2) is 13.1 Å². The van der Waals surface area contributed by atoms with Crippen molar-refractivity contribution in [3.8, 4) is 11.5 Å².